The van der Waals surface area contributed by atoms with Gasteiger partial charge in [-0.05, 0) is 12.1 Å². The topological polar surface area (TPSA) is 70.4 Å². The van der Waals surface area contributed by atoms with E-state index in [2.05, 4.69) is 15.5 Å². The fourth-order valence-electron chi connectivity index (χ4n) is 1.53. The maximum absolute atomic E-state index is 11.4. The number of nitrogens with zero attached hydrogens (tertiary/aromatic N) is 3. The molecule has 2 N–H and O–H groups in total. The molecule has 0 aliphatic carbocycles. The second-order valence-electron chi connectivity index (χ2n) is 3.37. The van der Waals surface area contributed by atoms with E-state index in [-0.39, 0.29) is 0 Å². The number of anilines is 2. The van der Waals surface area contributed by atoms with Crippen molar-refractivity contribution in [2.45, 2.75) is 0 Å². The van der Waals surface area contributed by atoms with Gasteiger partial charge in [0.05, 0.1) is 11.9 Å². The third kappa shape index (κ3) is 1.28. The normalized spacial score (nSPS) is 13.4. The number of fused-ring (bicyclic) bond motifs is 1. The van der Waals surface area contributed by atoms with Gasteiger partial charge in [-0.2, -0.15) is 5.43 Å². The van der Waals surface area contributed by atoms with Gasteiger partial charge >= 0.3 is 0 Å². The number of hydrogen-bond acceptors (Lipinski definition) is 4. The Morgan fingerprint density at radius 2 is 2.06 bits per heavy atom. The van der Waals surface area contributed by atoms with Crippen LogP contribution in [-0.2, 0) is 0 Å². The number of H-pyrrole nitrogens is 1. The summed E-state index contributed by atoms with van der Waals surface area (Å²) in [5.74, 6) is 0.443. The van der Waals surface area contributed by atoms with Gasteiger partial charge in [-0.3, -0.25) is 4.98 Å². The molecule has 1 aliphatic rings. The molecule has 0 spiro atoms. The molecule has 0 amide bonds. The van der Waals surface area contributed by atoms with Crippen molar-refractivity contribution in [1.29, 1.82) is 0 Å². The molecule has 80 valence electrons. The number of nitrogens with one attached hydrogen (secondary N) is 2. The molecule has 1 aromatic carbocycles. The highest BCUT2D eigenvalue weighted by Gasteiger charge is 2.20. The second kappa shape index (κ2) is 3.27. The Kier molecular flexibility index (Phi) is 1.79. The molecule has 6 nitrogen and oxygen atoms in total. The van der Waals surface area contributed by atoms with Crippen LogP contribution in [0.3, 0.4) is 0 Å². The van der Waals surface area contributed by atoms with E-state index in [1.54, 1.807) is 11.3 Å². The van der Waals surface area contributed by atoms with Crippen molar-refractivity contribution in [2.75, 3.05) is 10.5 Å². The van der Waals surface area contributed by atoms with Crippen LogP contribution in [0.2, 0.25) is 0 Å². The zero-order chi connectivity index (χ0) is 11.0. The van der Waals surface area contributed by atoms with Gasteiger partial charge in [0.15, 0.2) is 12.0 Å². The number of aromatic amines is 1. The van der Waals surface area contributed by atoms with E-state index in [4.69, 9.17) is 0 Å². The van der Waals surface area contributed by atoms with Crippen LogP contribution >= 0.6 is 0 Å². The maximum Gasteiger partial charge on any atom is 0.286 e. The van der Waals surface area contributed by atoms with Crippen LogP contribution in [0.15, 0.2) is 41.8 Å². The van der Waals surface area contributed by atoms with Crippen LogP contribution in [0.1, 0.15) is 5.69 Å². The van der Waals surface area contributed by atoms with Gasteiger partial charge in [-0.1, -0.05) is 18.2 Å². The molecule has 2 heterocycles. The van der Waals surface area contributed by atoms with E-state index in [1.165, 1.54) is 6.33 Å². The number of benzene rings is 1. The molecule has 0 unspecified atom stereocenters. The largest absolute Gasteiger partial charge is 0.740 e. The van der Waals surface area contributed by atoms with E-state index < -0.39 is 0 Å². The van der Waals surface area contributed by atoms with Crippen molar-refractivity contribution in [2.24, 2.45) is 5.10 Å². The quantitative estimate of drug-likeness (QED) is 0.546. The fraction of sp³-hybridized carbons (Fsp3) is 0. The first-order valence-electron chi connectivity index (χ1n) is 4.81. The average Bonchev–Trinajstić information content (AvgIpc) is 2.72. The summed E-state index contributed by atoms with van der Waals surface area (Å²) < 4.78 is 0.733. The van der Waals surface area contributed by atoms with Crippen LogP contribution in [0.4, 0.5) is 11.5 Å². The fourth-order valence-corrected chi connectivity index (χ4v) is 1.53. The number of hydrazone groups is 1. The summed E-state index contributed by atoms with van der Waals surface area (Å²) in [4.78, 5) is 2.81. The molecule has 6 heteroatoms. The van der Waals surface area contributed by atoms with Gasteiger partial charge in [0.2, 0.25) is 0 Å². The first kappa shape index (κ1) is 8.78. The van der Waals surface area contributed by atoms with Crippen LogP contribution in [0, 0.1) is 5.21 Å². The maximum atomic E-state index is 11.4. The van der Waals surface area contributed by atoms with Crippen LogP contribution in [-0.4, -0.2) is 11.2 Å². The second-order valence-corrected chi connectivity index (χ2v) is 3.37. The SMILES string of the molecule is [O-][n+]1c[nH]c2c1NN(c1ccccc1)N=C2. The summed E-state index contributed by atoms with van der Waals surface area (Å²) in [6.45, 7) is 0. The number of rotatable bonds is 1. The lowest BCUT2D eigenvalue weighted by Gasteiger charge is -2.19. The molecule has 0 saturated carbocycles. The van der Waals surface area contributed by atoms with Crippen LogP contribution in [0.5, 0.6) is 0 Å². The van der Waals surface area contributed by atoms with E-state index in [0.29, 0.717) is 11.5 Å². The smallest absolute Gasteiger partial charge is 0.286 e. The van der Waals surface area contributed by atoms with Crippen molar-refractivity contribution in [3.63, 3.8) is 0 Å². The molecular formula is C10H9N5O. The first-order chi connectivity index (χ1) is 7.84. The van der Waals surface area contributed by atoms with E-state index >= 15 is 0 Å². The van der Waals surface area contributed by atoms with Crippen molar-refractivity contribution >= 4 is 17.7 Å². The Morgan fingerprint density at radius 3 is 2.88 bits per heavy atom. The number of hydrogen-bond donors (Lipinski definition) is 2. The third-order valence-electron chi connectivity index (χ3n) is 2.33. The minimum Gasteiger partial charge on any atom is -0.740 e. The first-order valence-corrected chi connectivity index (χ1v) is 4.81. The van der Waals surface area contributed by atoms with Crippen molar-refractivity contribution < 1.29 is 4.73 Å². The summed E-state index contributed by atoms with van der Waals surface area (Å²) in [5, 5.41) is 17.1. The molecule has 16 heavy (non-hydrogen) atoms. The highest BCUT2D eigenvalue weighted by atomic mass is 16.5. The molecule has 0 fully saturated rings. The third-order valence-corrected chi connectivity index (χ3v) is 2.33. The van der Waals surface area contributed by atoms with E-state index in [1.807, 2.05) is 30.3 Å². The van der Waals surface area contributed by atoms with Gasteiger partial charge in [0, 0.05) is 0 Å². The van der Waals surface area contributed by atoms with Gasteiger partial charge in [-0.25, -0.2) is 4.73 Å². The standard InChI is InChI=1S/C10H9N5O/c16-14-7-11-9-6-12-15(13-10(9)14)8-4-2-1-3-5-8/h1-7,11,13H. The summed E-state index contributed by atoms with van der Waals surface area (Å²) in [5.41, 5.74) is 4.45. The van der Waals surface area contributed by atoms with E-state index in [9.17, 15) is 5.21 Å². The molecule has 2 aromatic rings. The zero-order valence-electron chi connectivity index (χ0n) is 8.29. The molecule has 1 aromatic heterocycles. The van der Waals surface area contributed by atoms with Crippen LogP contribution in [0.25, 0.3) is 0 Å². The zero-order valence-corrected chi connectivity index (χ0v) is 8.29. The number of aromatic nitrogens is 2. The highest BCUT2D eigenvalue weighted by molar-refractivity contribution is 5.86. The summed E-state index contributed by atoms with van der Waals surface area (Å²) in [6, 6.07) is 9.54. The van der Waals surface area contributed by atoms with Crippen LogP contribution < -0.4 is 15.3 Å². The van der Waals surface area contributed by atoms with E-state index in [0.717, 1.165) is 10.4 Å². The summed E-state index contributed by atoms with van der Waals surface area (Å²) in [6.07, 6.45) is 2.94. The Morgan fingerprint density at radius 1 is 1.25 bits per heavy atom. The number of imidazole rings is 1. The van der Waals surface area contributed by atoms with Gasteiger partial charge < -0.3 is 5.21 Å². The molecular weight excluding hydrogens is 206 g/mol. The molecule has 1 aliphatic heterocycles. The lowest BCUT2D eigenvalue weighted by Crippen LogP contribution is -2.36. The molecule has 0 saturated heterocycles. The predicted molar refractivity (Wildman–Crippen MR) is 59.9 cm³/mol. The molecule has 0 radical (unpaired) electrons. The minimum absolute atomic E-state index is 0.443. The Bertz CT molecular complexity index is 533. The van der Waals surface area contributed by atoms with Crippen molar-refractivity contribution in [1.82, 2.24) is 4.98 Å². The lowest BCUT2D eigenvalue weighted by molar-refractivity contribution is -0.589. The molecule has 0 atom stereocenters. The Hall–Kier alpha value is -2.50. The highest BCUT2D eigenvalue weighted by Crippen LogP contribution is 2.18. The summed E-state index contributed by atoms with van der Waals surface area (Å²) in [7, 11) is 0. The average molecular weight is 215 g/mol. The predicted octanol–water partition coefficient (Wildman–Crippen LogP) is 0.829. The van der Waals surface area contributed by atoms with Gasteiger partial charge in [0.25, 0.3) is 5.82 Å². The molecule has 3 rings (SSSR count). The van der Waals surface area contributed by atoms with Gasteiger partial charge in [0.1, 0.15) is 0 Å². The molecule has 0 bridgehead atoms. The lowest BCUT2D eigenvalue weighted by atomic mass is 10.3. The summed E-state index contributed by atoms with van der Waals surface area (Å²) >= 11 is 0. The minimum atomic E-state index is 0.443. The van der Waals surface area contributed by atoms with Crippen molar-refractivity contribution in [3.8, 4) is 0 Å². The Balaban J connectivity index is 1.96. The Labute approximate surface area is 91.4 Å². The van der Waals surface area contributed by atoms with Crippen molar-refractivity contribution in [3.05, 3.63) is 47.6 Å². The van der Waals surface area contributed by atoms with Gasteiger partial charge in [-0.15, -0.1) is 10.2 Å². The monoisotopic (exact) mass is 215 g/mol. The number of hydrazine groups is 1. The number of para-hydroxylation sites is 1.